The summed E-state index contributed by atoms with van der Waals surface area (Å²) < 4.78 is 0. The van der Waals surface area contributed by atoms with E-state index in [1.54, 1.807) is 12.1 Å². The molecule has 0 aliphatic heterocycles. The zero-order valence-corrected chi connectivity index (χ0v) is 11.2. The van der Waals surface area contributed by atoms with Crippen molar-refractivity contribution in [1.82, 2.24) is 9.97 Å². The maximum Gasteiger partial charge on any atom is 0.142 e. The van der Waals surface area contributed by atoms with Gasteiger partial charge in [0.2, 0.25) is 0 Å². The van der Waals surface area contributed by atoms with Gasteiger partial charge in [-0.1, -0.05) is 24.6 Å². The standard InChI is InChI=1S/C15H13ClN2O/c1-2-9-3-6-12-13(7-9)18-15(17-12)11-5-4-10(16)8-14(11)19/h3-8,19H,2H2,1H3,(H,17,18). The van der Waals surface area contributed by atoms with Crippen molar-refractivity contribution in [2.75, 3.05) is 0 Å². The van der Waals surface area contributed by atoms with E-state index in [0.717, 1.165) is 17.5 Å². The van der Waals surface area contributed by atoms with Crippen molar-refractivity contribution >= 4 is 22.6 Å². The highest BCUT2D eigenvalue weighted by molar-refractivity contribution is 6.30. The van der Waals surface area contributed by atoms with E-state index in [-0.39, 0.29) is 5.75 Å². The molecule has 0 aliphatic carbocycles. The first kappa shape index (κ1) is 12.1. The van der Waals surface area contributed by atoms with E-state index >= 15 is 0 Å². The Morgan fingerprint density at radius 2 is 2.05 bits per heavy atom. The predicted octanol–water partition coefficient (Wildman–Crippen LogP) is 4.15. The van der Waals surface area contributed by atoms with Gasteiger partial charge in [0.1, 0.15) is 11.6 Å². The summed E-state index contributed by atoms with van der Waals surface area (Å²) in [6.07, 6.45) is 0.983. The number of nitrogens with zero attached hydrogens (tertiary/aromatic N) is 1. The van der Waals surface area contributed by atoms with Crippen molar-refractivity contribution in [2.24, 2.45) is 0 Å². The van der Waals surface area contributed by atoms with E-state index < -0.39 is 0 Å². The molecule has 0 amide bonds. The van der Waals surface area contributed by atoms with Gasteiger partial charge in [-0.3, -0.25) is 0 Å². The lowest BCUT2D eigenvalue weighted by molar-refractivity contribution is 0.477. The van der Waals surface area contributed by atoms with Crippen LogP contribution in [0.4, 0.5) is 0 Å². The highest BCUT2D eigenvalue weighted by Crippen LogP contribution is 2.31. The lowest BCUT2D eigenvalue weighted by Gasteiger charge is -2.00. The number of phenolic OH excluding ortho intramolecular Hbond substituents is 1. The highest BCUT2D eigenvalue weighted by Gasteiger charge is 2.10. The average molecular weight is 273 g/mol. The van der Waals surface area contributed by atoms with E-state index in [2.05, 4.69) is 29.0 Å². The van der Waals surface area contributed by atoms with Gasteiger partial charge in [-0.15, -0.1) is 0 Å². The van der Waals surface area contributed by atoms with Gasteiger partial charge in [0.25, 0.3) is 0 Å². The fraction of sp³-hybridized carbons (Fsp3) is 0.133. The predicted molar refractivity (Wildman–Crippen MR) is 77.6 cm³/mol. The van der Waals surface area contributed by atoms with Gasteiger partial charge in [-0.25, -0.2) is 4.98 Å². The van der Waals surface area contributed by atoms with Crippen molar-refractivity contribution in [3.63, 3.8) is 0 Å². The normalized spacial score (nSPS) is 11.1. The van der Waals surface area contributed by atoms with E-state index in [1.807, 2.05) is 6.07 Å². The molecule has 96 valence electrons. The van der Waals surface area contributed by atoms with Crippen molar-refractivity contribution in [1.29, 1.82) is 0 Å². The Balaban J connectivity index is 2.14. The Morgan fingerprint density at radius 3 is 2.79 bits per heavy atom. The summed E-state index contributed by atoms with van der Waals surface area (Å²) in [5.41, 5.74) is 3.77. The molecule has 2 aromatic carbocycles. The van der Waals surface area contributed by atoms with Crippen LogP contribution in [0.1, 0.15) is 12.5 Å². The fourth-order valence-corrected chi connectivity index (χ4v) is 2.28. The number of phenols is 1. The second-order valence-corrected chi connectivity index (χ2v) is 4.89. The lowest BCUT2D eigenvalue weighted by Crippen LogP contribution is -1.81. The smallest absolute Gasteiger partial charge is 0.142 e. The number of halogens is 1. The number of rotatable bonds is 2. The minimum Gasteiger partial charge on any atom is -0.507 e. The molecular weight excluding hydrogens is 260 g/mol. The number of hydrogen-bond donors (Lipinski definition) is 2. The van der Waals surface area contributed by atoms with Gasteiger partial charge in [-0.05, 0) is 42.3 Å². The maximum atomic E-state index is 9.93. The number of fused-ring (bicyclic) bond motifs is 1. The van der Waals surface area contributed by atoms with Crippen LogP contribution in [0.15, 0.2) is 36.4 Å². The van der Waals surface area contributed by atoms with Crippen LogP contribution in [0.5, 0.6) is 5.75 Å². The Kier molecular flexibility index (Phi) is 2.91. The van der Waals surface area contributed by atoms with Crippen LogP contribution in [-0.2, 0) is 6.42 Å². The number of benzene rings is 2. The summed E-state index contributed by atoms with van der Waals surface area (Å²) in [6, 6.07) is 11.1. The molecule has 2 N–H and O–H groups in total. The minimum atomic E-state index is 0.127. The number of aromatic amines is 1. The summed E-state index contributed by atoms with van der Waals surface area (Å²) in [5, 5.41) is 10.4. The number of nitrogens with one attached hydrogen (secondary N) is 1. The van der Waals surface area contributed by atoms with E-state index in [0.29, 0.717) is 16.4 Å². The number of aryl methyl sites for hydroxylation is 1. The summed E-state index contributed by atoms with van der Waals surface area (Å²) >= 11 is 5.83. The third-order valence-electron chi connectivity index (χ3n) is 3.17. The first-order valence-electron chi connectivity index (χ1n) is 6.15. The van der Waals surface area contributed by atoms with Gasteiger partial charge in [0.15, 0.2) is 0 Å². The van der Waals surface area contributed by atoms with Gasteiger partial charge in [0, 0.05) is 5.02 Å². The van der Waals surface area contributed by atoms with Gasteiger partial charge < -0.3 is 10.1 Å². The van der Waals surface area contributed by atoms with E-state index in [4.69, 9.17) is 11.6 Å². The molecule has 3 aromatic rings. The SMILES string of the molecule is CCc1ccc2nc(-c3ccc(Cl)cc3O)[nH]c2c1. The van der Waals surface area contributed by atoms with Crippen LogP contribution in [-0.4, -0.2) is 15.1 Å². The topological polar surface area (TPSA) is 48.9 Å². The number of aromatic hydroxyl groups is 1. The number of imidazole rings is 1. The van der Waals surface area contributed by atoms with Crippen LogP contribution in [0.3, 0.4) is 0 Å². The molecule has 4 heteroatoms. The third kappa shape index (κ3) is 2.17. The molecule has 0 bridgehead atoms. The second-order valence-electron chi connectivity index (χ2n) is 4.45. The zero-order chi connectivity index (χ0) is 13.4. The molecule has 0 radical (unpaired) electrons. The molecule has 0 saturated carbocycles. The average Bonchev–Trinajstić information content (AvgIpc) is 2.80. The molecule has 1 heterocycles. The van der Waals surface area contributed by atoms with Crippen LogP contribution in [0.2, 0.25) is 5.02 Å². The molecule has 3 rings (SSSR count). The zero-order valence-electron chi connectivity index (χ0n) is 10.4. The molecular formula is C15H13ClN2O. The van der Waals surface area contributed by atoms with Crippen LogP contribution >= 0.6 is 11.6 Å². The fourth-order valence-electron chi connectivity index (χ4n) is 2.11. The van der Waals surface area contributed by atoms with Gasteiger partial charge in [-0.2, -0.15) is 0 Å². The first-order valence-corrected chi connectivity index (χ1v) is 6.52. The molecule has 0 spiro atoms. The maximum absolute atomic E-state index is 9.93. The van der Waals surface area contributed by atoms with E-state index in [9.17, 15) is 5.11 Å². The van der Waals surface area contributed by atoms with Crippen molar-refractivity contribution in [2.45, 2.75) is 13.3 Å². The summed E-state index contributed by atoms with van der Waals surface area (Å²) in [5.74, 6) is 0.777. The number of hydrogen-bond acceptors (Lipinski definition) is 2. The number of H-pyrrole nitrogens is 1. The highest BCUT2D eigenvalue weighted by atomic mass is 35.5. The van der Waals surface area contributed by atoms with Crippen molar-refractivity contribution in [3.05, 3.63) is 47.0 Å². The Morgan fingerprint density at radius 1 is 1.21 bits per heavy atom. The van der Waals surface area contributed by atoms with Crippen molar-refractivity contribution in [3.8, 4) is 17.1 Å². The molecule has 3 nitrogen and oxygen atoms in total. The monoisotopic (exact) mass is 272 g/mol. The lowest BCUT2D eigenvalue weighted by atomic mass is 10.1. The van der Waals surface area contributed by atoms with Gasteiger partial charge >= 0.3 is 0 Å². The van der Waals surface area contributed by atoms with Gasteiger partial charge in [0.05, 0.1) is 16.6 Å². The van der Waals surface area contributed by atoms with Crippen molar-refractivity contribution < 1.29 is 5.11 Å². The summed E-state index contributed by atoms with van der Waals surface area (Å²) in [6.45, 7) is 2.11. The molecule has 0 atom stereocenters. The Hall–Kier alpha value is -2.00. The molecule has 0 saturated heterocycles. The summed E-state index contributed by atoms with van der Waals surface area (Å²) in [7, 11) is 0. The Bertz CT molecular complexity index is 749. The molecule has 0 unspecified atom stereocenters. The molecule has 0 fully saturated rings. The third-order valence-corrected chi connectivity index (χ3v) is 3.40. The molecule has 0 aliphatic rings. The Labute approximate surface area is 115 Å². The number of aromatic nitrogens is 2. The van der Waals surface area contributed by atoms with Crippen LogP contribution in [0, 0.1) is 0 Å². The first-order chi connectivity index (χ1) is 9.17. The molecule has 19 heavy (non-hydrogen) atoms. The quantitative estimate of drug-likeness (QED) is 0.736. The summed E-state index contributed by atoms with van der Waals surface area (Å²) in [4.78, 5) is 7.72. The second kappa shape index (κ2) is 4.59. The largest absolute Gasteiger partial charge is 0.507 e. The van der Waals surface area contributed by atoms with Crippen LogP contribution < -0.4 is 0 Å². The van der Waals surface area contributed by atoms with Crippen LogP contribution in [0.25, 0.3) is 22.4 Å². The molecule has 1 aromatic heterocycles. The minimum absolute atomic E-state index is 0.127. The van der Waals surface area contributed by atoms with E-state index in [1.165, 1.54) is 11.6 Å².